The van der Waals surface area contributed by atoms with Crippen LogP contribution in [0.2, 0.25) is 0 Å². The van der Waals surface area contributed by atoms with E-state index in [9.17, 15) is 5.11 Å². The SMILES string of the molecule is COc1cc(-c2nocc2-c2ccc([O-])cc2)cc2c1OCO2.[Na+]. The summed E-state index contributed by atoms with van der Waals surface area (Å²) in [5.74, 6) is 1.70. The molecule has 0 spiro atoms. The maximum absolute atomic E-state index is 11.3. The molecule has 7 heteroatoms. The fourth-order valence-corrected chi connectivity index (χ4v) is 2.55. The molecule has 0 radical (unpaired) electrons. The fraction of sp³-hybridized carbons (Fsp3) is 0.118. The molecule has 1 aliphatic heterocycles. The van der Waals surface area contributed by atoms with E-state index < -0.39 is 0 Å². The van der Waals surface area contributed by atoms with Crippen molar-refractivity contribution in [2.75, 3.05) is 13.9 Å². The van der Waals surface area contributed by atoms with E-state index in [1.54, 1.807) is 25.5 Å². The standard InChI is InChI=1S/C17H13NO5.Na/c1-20-14-6-11(7-15-17(14)22-9-21-15)16-13(8-23-18-16)10-2-4-12(19)5-3-10;/h2-8,19H,9H2,1H3;/q;+1/p-1. The molecular weight excluding hydrogens is 321 g/mol. The van der Waals surface area contributed by atoms with Gasteiger partial charge in [-0.3, -0.25) is 0 Å². The number of ether oxygens (including phenoxy) is 3. The topological polar surface area (TPSA) is 76.8 Å². The van der Waals surface area contributed by atoms with Crippen molar-refractivity contribution in [1.29, 1.82) is 0 Å². The van der Waals surface area contributed by atoms with Gasteiger partial charge >= 0.3 is 29.6 Å². The maximum Gasteiger partial charge on any atom is 1.00 e. The van der Waals surface area contributed by atoms with Gasteiger partial charge in [-0.2, -0.15) is 0 Å². The van der Waals surface area contributed by atoms with Crippen molar-refractivity contribution in [3.05, 3.63) is 42.7 Å². The van der Waals surface area contributed by atoms with Crippen molar-refractivity contribution < 1.29 is 53.4 Å². The molecule has 0 atom stereocenters. The van der Waals surface area contributed by atoms with E-state index in [2.05, 4.69) is 5.16 Å². The first-order valence-corrected chi connectivity index (χ1v) is 6.96. The summed E-state index contributed by atoms with van der Waals surface area (Å²) in [7, 11) is 1.57. The second-order valence-electron chi connectivity index (χ2n) is 5.01. The van der Waals surface area contributed by atoms with Crippen molar-refractivity contribution in [2.45, 2.75) is 0 Å². The molecule has 0 fully saturated rings. The average molecular weight is 333 g/mol. The summed E-state index contributed by atoms with van der Waals surface area (Å²) < 4.78 is 21.3. The van der Waals surface area contributed by atoms with E-state index in [4.69, 9.17) is 18.7 Å². The zero-order chi connectivity index (χ0) is 15.8. The maximum atomic E-state index is 11.3. The monoisotopic (exact) mass is 333 g/mol. The van der Waals surface area contributed by atoms with E-state index in [0.717, 1.165) is 16.7 Å². The first-order chi connectivity index (χ1) is 11.3. The third kappa shape index (κ3) is 2.84. The summed E-state index contributed by atoms with van der Waals surface area (Å²) in [6.07, 6.45) is 1.55. The number of nitrogens with zero attached hydrogens (tertiary/aromatic N) is 1. The molecule has 0 amide bonds. The molecule has 6 nitrogen and oxygen atoms in total. The Labute approximate surface area is 160 Å². The van der Waals surface area contributed by atoms with E-state index in [0.29, 0.717) is 22.9 Å². The van der Waals surface area contributed by atoms with Gasteiger partial charge in [0.2, 0.25) is 12.5 Å². The minimum atomic E-state index is -0.0449. The minimum absolute atomic E-state index is 0. The van der Waals surface area contributed by atoms with Crippen molar-refractivity contribution in [2.24, 2.45) is 0 Å². The summed E-state index contributed by atoms with van der Waals surface area (Å²) in [6.45, 7) is 0.159. The van der Waals surface area contributed by atoms with Gasteiger partial charge in [0.05, 0.1) is 7.11 Å². The van der Waals surface area contributed by atoms with Crippen LogP contribution in [0.15, 0.2) is 47.2 Å². The molecule has 0 saturated carbocycles. The largest absolute Gasteiger partial charge is 1.00 e. The Morgan fingerprint density at radius 1 is 1.08 bits per heavy atom. The number of fused-ring (bicyclic) bond motifs is 1. The number of benzene rings is 2. The van der Waals surface area contributed by atoms with Crippen LogP contribution in [0.5, 0.6) is 23.0 Å². The van der Waals surface area contributed by atoms with Crippen LogP contribution in [-0.4, -0.2) is 19.1 Å². The van der Waals surface area contributed by atoms with E-state index >= 15 is 0 Å². The summed E-state index contributed by atoms with van der Waals surface area (Å²) >= 11 is 0. The zero-order valence-corrected chi connectivity index (χ0v) is 15.2. The van der Waals surface area contributed by atoms with Crippen molar-refractivity contribution in [1.82, 2.24) is 5.16 Å². The first-order valence-electron chi connectivity index (χ1n) is 6.96. The predicted octanol–water partition coefficient (Wildman–Crippen LogP) is -0.177. The third-order valence-corrected chi connectivity index (χ3v) is 3.67. The Balaban J connectivity index is 0.00000169. The van der Waals surface area contributed by atoms with Gasteiger partial charge in [-0.15, -0.1) is 5.75 Å². The molecule has 0 saturated heterocycles. The summed E-state index contributed by atoms with van der Waals surface area (Å²) in [4.78, 5) is 0. The van der Waals surface area contributed by atoms with Gasteiger partial charge < -0.3 is 23.8 Å². The van der Waals surface area contributed by atoms with Gasteiger partial charge in [0.15, 0.2) is 11.5 Å². The molecule has 4 rings (SSSR count). The van der Waals surface area contributed by atoms with Crippen LogP contribution in [0.3, 0.4) is 0 Å². The normalized spacial score (nSPS) is 11.9. The Bertz CT molecular complexity index is 860. The van der Waals surface area contributed by atoms with Crippen molar-refractivity contribution in [3.8, 4) is 45.4 Å². The summed E-state index contributed by atoms with van der Waals surface area (Å²) in [5.41, 5.74) is 3.05. The molecule has 0 unspecified atom stereocenters. The number of hydrogen-bond donors (Lipinski definition) is 0. The van der Waals surface area contributed by atoms with Gasteiger partial charge in [-0.25, -0.2) is 0 Å². The van der Waals surface area contributed by atoms with E-state index in [1.807, 2.05) is 12.1 Å². The Kier molecular flexibility index (Phi) is 4.71. The number of methoxy groups -OCH3 is 1. The van der Waals surface area contributed by atoms with Crippen LogP contribution >= 0.6 is 0 Å². The van der Waals surface area contributed by atoms with Gasteiger partial charge in [0.1, 0.15) is 12.0 Å². The summed E-state index contributed by atoms with van der Waals surface area (Å²) in [5, 5.41) is 15.4. The van der Waals surface area contributed by atoms with E-state index in [-0.39, 0.29) is 42.1 Å². The fourth-order valence-electron chi connectivity index (χ4n) is 2.55. The Morgan fingerprint density at radius 2 is 1.88 bits per heavy atom. The molecule has 24 heavy (non-hydrogen) atoms. The van der Waals surface area contributed by atoms with Crippen LogP contribution in [0.4, 0.5) is 0 Å². The van der Waals surface area contributed by atoms with E-state index in [1.165, 1.54) is 12.1 Å². The van der Waals surface area contributed by atoms with Crippen LogP contribution in [0.1, 0.15) is 0 Å². The first kappa shape index (κ1) is 16.7. The van der Waals surface area contributed by atoms with Gasteiger partial charge in [0, 0.05) is 11.1 Å². The molecule has 0 bridgehead atoms. The molecule has 0 N–H and O–H groups in total. The number of rotatable bonds is 3. The Morgan fingerprint density at radius 3 is 2.62 bits per heavy atom. The summed E-state index contributed by atoms with van der Waals surface area (Å²) in [6, 6.07) is 10.1. The van der Waals surface area contributed by atoms with Gasteiger partial charge in [-0.05, 0) is 17.7 Å². The second-order valence-corrected chi connectivity index (χ2v) is 5.01. The molecule has 0 aliphatic carbocycles. The van der Waals surface area contributed by atoms with Crippen molar-refractivity contribution >= 4 is 0 Å². The molecular formula is C17H12NNaO5. The third-order valence-electron chi connectivity index (χ3n) is 3.67. The number of hydrogen-bond acceptors (Lipinski definition) is 6. The average Bonchev–Trinajstić information content (AvgIpc) is 3.23. The van der Waals surface area contributed by atoms with Crippen LogP contribution in [0, 0.1) is 0 Å². The predicted molar refractivity (Wildman–Crippen MR) is 79.5 cm³/mol. The second kappa shape index (κ2) is 6.76. The smallest absolute Gasteiger partial charge is 0.872 e. The molecule has 116 valence electrons. The zero-order valence-electron chi connectivity index (χ0n) is 13.2. The van der Waals surface area contributed by atoms with Crippen LogP contribution in [-0.2, 0) is 0 Å². The minimum Gasteiger partial charge on any atom is -0.872 e. The van der Waals surface area contributed by atoms with Gasteiger partial charge in [-0.1, -0.05) is 29.4 Å². The van der Waals surface area contributed by atoms with Gasteiger partial charge in [0.25, 0.3) is 0 Å². The molecule has 1 aromatic heterocycles. The molecule has 2 heterocycles. The van der Waals surface area contributed by atoms with Crippen LogP contribution in [0.25, 0.3) is 22.4 Å². The molecule has 1 aliphatic rings. The number of aromatic nitrogens is 1. The Hall–Kier alpha value is -2.15. The quantitative estimate of drug-likeness (QED) is 0.619. The molecule has 2 aromatic carbocycles. The van der Waals surface area contributed by atoms with Crippen molar-refractivity contribution in [3.63, 3.8) is 0 Å². The van der Waals surface area contributed by atoms with Crippen LogP contribution < -0.4 is 48.9 Å². The molecule has 3 aromatic rings.